The smallest absolute Gasteiger partial charge is 0.162 e. The van der Waals surface area contributed by atoms with Crippen LogP contribution in [0.2, 0.25) is 0 Å². The molecule has 0 bridgehead atoms. The van der Waals surface area contributed by atoms with Crippen molar-refractivity contribution in [1.29, 1.82) is 0 Å². The van der Waals surface area contributed by atoms with Crippen molar-refractivity contribution in [3.63, 3.8) is 0 Å². The summed E-state index contributed by atoms with van der Waals surface area (Å²) in [6.07, 6.45) is 15.7. The first kappa shape index (κ1) is 32.5. The first-order valence-electron chi connectivity index (χ1n) is 20.2. The highest BCUT2D eigenvalue weighted by atomic mass is 16.6. The molecule has 12 rings (SSSR count). The van der Waals surface area contributed by atoms with Gasteiger partial charge >= 0.3 is 0 Å². The van der Waals surface area contributed by atoms with E-state index in [-0.39, 0.29) is 30.3 Å². The zero-order chi connectivity index (χ0) is 37.5. The van der Waals surface area contributed by atoms with Crippen LogP contribution in [0.25, 0.3) is 27.5 Å². The van der Waals surface area contributed by atoms with Crippen LogP contribution in [0.15, 0.2) is 192 Å². The van der Waals surface area contributed by atoms with Gasteiger partial charge in [0.1, 0.15) is 17.1 Å². The molecular formula is C52H40N2O3. The summed E-state index contributed by atoms with van der Waals surface area (Å²) in [5, 5.41) is 2.21. The Morgan fingerprint density at radius 2 is 1.28 bits per heavy atom. The third-order valence-corrected chi connectivity index (χ3v) is 12.7. The maximum atomic E-state index is 6.93. The summed E-state index contributed by atoms with van der Waals surface area (Å²) in [4.78, 5) is 5.04. The SMILES string of the molecule is C1=CC(N(C2=CCC(c3ccccc3)C=C2)c2ccc3oc4c(N5C6c7ccccc7OC6[C@@H]6Oc7ccccc7C65)cccc4c3c2)CC=C1c1ccccc1. The summed E-state index contributed by atoms with van der Waals surface area (Å²) in [5.41, 5.74) is 11.4. The van der Waals surface area contributed by atoms with Crippen LogP contribution in [0.4, 0.5) is 11.4 Å². The van der Waals surface area contributed by atoms with Gasteiger partial charge in [-0.1, -0.05) is 140 Å². The van der Waals surface area contributed by atoms with E-state index in [0.717, 1.165) is 57.7 Å². The molecule has 3 aliphatic heterocycles. The fourth-order valence-corrected chi connectivity index (χ4v) is 10.1. The van der Waals surface area contributed by atoms with Crippen LogP contribution < -0.4 is 19.3 Å². The van der Waals surface area contributed by atoms with Crippen LogP contribution in [0.1, 0.15) is 53.1 Å². The van der Waals surface area contributed by atoms with E-state index >= 15 is 0 Å². The molecule has 5 aliphatic rings. The van der Waals surface area contributed by atoms with Crippen molar-refractivity contribution in [2.45, 2.75) is 49.1 Å². The Kier molecular flexibility index (Phi) is 7.37. The van der Waals surface area contributed by atoms with Gasteiger partial charge in [0.2, 0.25) is 0 Å². The van der Waals surface area contributed by atoms with Gasteiger partial charge in [0.15, 0.2) is 17.8 Å². The molecule has 0 N–H and O–H groups in total. The standard InChI is InChI=1S/C52H40N2O3/c1-3-12-33(13-4-1)35-22-26-37(27-23-35)53(38-28-24-36(25-29-38)34-14-5-2-6-15-34)39-30-31-47-43(32-39)40-18-11-19-44(50(40)55-47)54-48-41-16-7-9-20-45(41)56-51(48)52-49(54)42-17-8-10-21-46(42)57-52/h1-24,26,28-32,36-37,48-49,51-52H,25,27H2/t36?,37?,48?,49?,51-,52?/m1/s1. The third-order valence-electron chi connectivity index (χ3n) is 12.7. The lowest BCUT2D eigenvalue weighted by molar-refractivity contribution is 0.0907. The average Bonchev–Trinajstić information content (AvgIpc) is 4.03. The van der Waals surface area contributed by atoms with E-state index in [1.165, 1.54) is 33.5 Å². The number of fused-ring (bicyclic) bond motifs is 10. The maximum absolute atomic E-state index is 6.93. The first-order chi connectivity index (χ1) is 28.3. The Morgan fingerprint density at radius 3 is 1.96 bits per heavy atom. The van der Waals surface area contributed by atoms with Crippen molar-refractivity contribution in [3.05, 3.63) is 210 Å². The van der Waals surface area contributed by atoms with E-state index in [1.54, 1.807) is 0 Å². The van der Waals surface area contributed by atoms with Gasteiger partial charge < -0.3 is 23.7 Å². The van der Waals surface area contributed by atoms with E-state index in [4.69, 9.17) is 13.9 Å². The number of para-hydroxylation sites is 3. The van der Waals surface area contributed by atoms with E-state index in [2.05, 4.69) is 192 Å². The fraction of sp³-hybridized carbons (Fsp3) is 0.154. The minimum atomic E-state index is -0.141. The molecular weight excluding hydrogens is 701 g/mol. The van der Waals surface area contributed by atoms with Crippen LogP contribution >= 0.6 is 0 Å². The molecule has 0 saturated carbocycles. The monoisotopic (exact) mass is 740 g/mol. The second-order valence-corrected chi connectivity index (χ2v) is 15.8. The van der Waals surface area contributed by atoms with Gasteiger partial charge in [-0.05, 0) is 72.0 Å². The summed E-state index contributed by atoms with van der Waals surface area (Å²) >= 11 is 0. The molecule has 6 aromatic carbocycles. The Morgan fingerprint density at radius 1 is 0.579 bits per heavy atom. The summed E-state index contributed by atoms with van der Waals surface area (Å²) in [7, 11) is 0. The molecule has 0 amide bonds. The van der Waals surface area contributed by atoms with E-state index in [9.17, 15) is 0 Å². The van der Waals surface area contributed by atoms with Gasteiger partial charge in [0.05, 0.1) is 23.8 Å². The summed E-state index contributed by atoms with van der Waals surface area (Å²) < 4.78 is 20.3. The lowest BCUT2D eigenvalue weighted by Crippen LogP contribution is -2.34. The number of benzene rings is 6. The van der Waals surface area contributed by atoms with Crippen molar-refractivity contribution in [1.82, 2.24) is 0 Å². The Hall–Kier alpha value is -6.72. The molecule has 6 atom stereocenters. The molecule has 57 heavy (non-hydrogen) atoms. The molecule has 2 aliphatic carbocycles. The highest BCUT2D eigenvalue weighted by Gasteiger charge is 2.60. The average molecular weight is 741 g/mol. The van der Waals surface area contributed by atoms with Crippen LogP contribution in [0.5, 0.6) is 11.5 Å². The molecule has 0 radical (unpaired) electrons. The van der Waals surface area contributed by atoms with Crippen molar-refractivity contribution in [2.24, 2.45) is 0 Å². The maximum Gasteiger partial charge on any atom is 0.162 e. The van der Waals surface area contributed by atoms with Crippen molar-refractivity contribution >= 4 is 38.9 Å². The molecule has 276 valence electrons. The van der Waals surface area contributed by atoms with E-state index in [0.29, 0.717) is 5.92 Å². The van der Waals surface area contributed by atoms with Gasteiger partial charge in [-0.25, -0.2) is 0 Å². The minimum absolute atomic E-state index is 0.00826. The molecule has 1 saturated heterocycles. The van der Waals surface area contributed by atoms with Crippen LogP contribution in [0, 0.1) is 0 Å². The number of nitrogens with zero attached hydrogens (tertiary/aromatic N) is 2. The number of rotatable bonds is 6. The molecule has 4 heterocycles. The quantitative estimate of drug-likeness (QED) is 0.170. The second kappa shape index (κ2) is 12.9. The molecule has 5 nitrogen and oxygen atoms in total. The topological polar surface area (TPSA) is 38.1 Å². The van der Waals surface area contributed by atoms with E-state index in [1.807, 2.05) is 0 Å². The third kappa shape index (κ3) is 5.15. The molecule has 1 fully saturated rings. The zero-order valence-corrected chi connectivity index (χ0v) is 31.3. The number of allylic oxidation sites excluding steroid dienone is 5. The molecule has 1 aromatic heterocycles. The Labute approximate surface area is 332 Å². The summed E-state index contributed by atoms with van der Waals surface area (Å²) in [6.45, 7) is 0. The molecule has 0 spiro atoms. The highest BCUT2D eigenvalue weighted by molar-refractivity contribution is 6.10. The van der Waals surface area contributed by atoms with Crippen LogP contribution in [-0.4, -0.2) is 18.2 Å². The van der Waals surface area contributed by atoms with Crippen molar-refractivity contribution < 1.29 is 13.9 Å². The number of hydrogen-bond donors (Lipinski definition) is 0. The van der Waals surface area contributed by atoms with Crippen LogP contribution in [-0.2, 0) is 0 Å². The molecule has 5 heteroatoms. The van der Waals surface area contributed by atoms with Gasteiger partial charge in [-0.3, -0.25) is 0 Å². The predicted octanol–water partition coefficient (Wildman–Crippen LogP) is 12.3. The summed E-state index contributed by atoms with van der Waals surface area (Å²) in [5.74, 6) is 2.22. The van der Waals surface area contributed by atoms with Gasteiger partial charge in [0, 0.05) is 39.2 Å². The lowest BCUT2D eigenvalue weighted by Gasteiger charge is -2.35. The summed E-state index contributed by atoms with van der Waals surface area (Å²) in [6, 6.07) is 51.9. The van der Waals surface area contributed by atoms with Gasteiger partial charge in [-0.2, -0.15) is 0 Å². The highest BCUT2D eigenvalue weighted by Crippen LogP contribution is 2.59. The van der Waals surface area contributed by atoms with Gasteiger partial charge in [-0.15, -0.1) is 0 Å². The lowest BCUT2D eigenvalue weighted by atomic mass is 9.90. The number of ether oxygens (including phenoxy) is 2. The normalized spacial score (nSPS) is 24.0. The van der Waals surface area contributed by atoms with Crippen molar-refractivity contribution in [2.75, 3.05) is 9.80 Å². The molecule has 7 aromatic rings. The Bertz CT molecular complexity index is 2760. The Balaban J connectivity index is 0.959. The second-order valence-electron chi connectivity index (χ2n) is 15.8. The number of anilines is 2. The number of hydrogen-bond acceptors (Lipinski definition) is 5. The zero-order valence-electron chi connectivity index (χ0n) is 31.3. The fourth-order valence-electron chi connectivity index (χ4n) is 10.1. The minimum Gasteiger partial charge on any atom is -0.484 e. The predicted molar refractivity (Wildman–Crippen MR) is 229 cm³/mol. The van der Waals surface area contributed by atoms with Crippen LogP contribution in [0.3, 0.4) is 0 Å². The van der Waals surface area contributed by atoms with Crippen molar-refractivity contribution in [3.8, 4) is 11.5 Å². The molecule has 5 unspecified atom stereocenters. The first-order valence-corrected chi connectivity index (χ1v) is 20.2. The van der Waals surface area contributed by atoms with E-state index < -0.39 is 0 Å². The number of furan rings is 1. The van der Waals surface area contributed by atoms with Gasteiger partial charge in [0.25, 0.3) is 0 Å². The largest absolute Gasteiger partial charge is 0.484 e.